The molecule has 3 heteroatoms. The summed E-state index contributed by atoms with van der Waals surface area (Å²) in [4.78, 5) is 14.3. The van der Waals surface area contributed by atoms with Crippen molar-refractivity contribution in [2.24, 2.45) is 0 Å². The third-order valence-corrected chi connectivity index (χ3v) is 3.60. The lowest BCUT2D eigenvalue weighted by molar-refractivity contribution is -0.112. The van der Waals surface area contributed by atoms with E-state index < -0.39 is 0 Å². The predicted octanol–water partition coefficient (Wildman–Crippen LogP) is 6.01. The van der Waals surface area contributed by atoms with Gasteiger partial charge >= 0.3 is 0 Å². The Balaban J connectivity index is 0.000000615. The van der Waals surface area contributed by atoms with Crippen LogP contribution in [0.4, 0.5) is 5.69 Å². The molecule has 140 valence electrons. The Morgan fingerprint density at radius 3 is 2.04 bits per heavy atom. The highest BCUT2D eigenvalue weighted by Crippen LogP contribution is 2.40. The Hall–Kier alpha value is -2.55. The summed E-state index contributed by atoms with van der Waals surface area (Å²) in [6, 6.07) is 17.6. The average Bonchev–Trinajstić information content (AvgIpc) is 2.94. The van der Waals surface area contributed by atoms with Gasteiger partial charge < -0.3 is 9.64 Å². The number of fused-ring (bicyclic) bond motifs is 1. The summed E-state index contributed by atoms with van der Waals surface area (Å²) in [5.41, 5.74) is 3.41. The second kappa shape index (κ2) is 11.1. The monoisotopic (exact) mass is 353 g/mol. The SMILES string of the molecule is CC.CCC.CCO/C(=C1\C(=O)N(C)c2ccccc21)c1ccccc1. The number of para-hydroxylation sites is 1. The topological polar surface area (TPSA) is 29.5 Å². The molecule has 1 aliphatic heterocycles. The molecule has 0 spiro atoms. The number of hydrogen-bond acceptors (Lipinski definition) is 2. The number of amides is 1. The largest absolute Gasteiger partial charge is 0.492 e. The third kappa shape index (κ3) is 4.75. The van der Waals surface area contributed by atoms with Gasteiger partial charge in [-0.3, -0.25) is 4.79 Å². The van der Waals surface area contributed by atoms with E-state index in [0.29, 0.717) is 17.9 Å². The van der Waals surface area contributed by atoms with Gasteiger partial charge in [0.2, 0.25) is 0 Å². The number of benzene rings is 2. The molecule has 0 atom stereocenters. The molecule has 0 bridgehead atoms. The molecular formula is C23H31NO2. The Morgan fingerprint density at radius 2 is 1.46 bits per heavy atom. The van der Waals surface area contributed by atoms with Crippen LogP contribution in [0.1, 0.15) is 52.2 Å². The first-order valence-electron chi connectivity index (χ1n) is 9.45. The molecule has 1 amide bonds. The highest BCUT2D eigenvalue weighted by atomic mass is 16.5. The fourth-order valence-corrected chi connectivity index (χ4v) is 2.62. The number of carbonyl (C=O) groups excluding carboxylic acids is 1. The zero-order valence-electron chi connectivity index (χ0n) is 16.9. The summed E-state index contributed by atoms with van der Waals surface area (Å²) >= 11 is 0. The van der Waals surface area contributed by atoms with Crippen molar-refractivity contribution in [3.63, 3.8) is 0 Å². The summed E-state index contributed by atoms with van der Waals surface area (Å²) in [6.07, 6.45) is 1.25. The van der Waals surface area contributed by atoms with Gasteiger partial charge in [-0.25, -0.2) is 0 Å². The summed E-state index contributed by atoms with van der Waals surface area (Å²) in [5, 5.41) is 0. The number of nitrogens with zero attached hydrogens (tertiary/aromatic N) is 1. The van der Waals surface area contributed by atoms with Crippen LogP contribution in [-0.4, -0.2) is 19.6 Å². The Labute approximate surface area is 158 Å². The van der Waals surface area contributed by atoms with Crippen LogP contribution in [0.3, 0.4) is 0 Å². The molecule has 0 saturated heterocycles. The molecule has 26 heavy (non-hydrogen) atoms. The molecule has 1 aliphatic rings. The first-order chi connectivity index (χ1) is 12.7. The number of anilines is 1. The first kappa shape index (κ1) is 21.5. The third-order valence-electron chi connectivity index (χ3n) is 3.60. The molecule has 1 heterocycles. The zero-order valence-corrected chi connectivity index (χ0v) is 16.9. The number of hydrogen-bond donors (Lipinski definition) is 0. The molecule has 2 aromatic carbocycles. The standard InChI is InChI=1S/C18H17NO2.C3H8.C2H6/c1-3-21-17(13-9-5-4-6-10-13)16-14-11-7-8-12-15(14)19(2)18(16)20;1-3-2;1-2/h4-12H,3H2,1-2H3;3H2,1-2H3;1-2H3/b17-16-;;. The van der Waals surface area contributed by atoms with E-state index in [2.05, 4.69) is 13.8 Å². The molecular weight excluding hydrogens is 322 g/mol. The maximum Gasteiger partial charge on any atom is 0.262 e. The minimum absolute atomic E-state index is 0.0245. The molecule has 0 radical (unpaired) electrons. The lowest BCUT2D eigenvalue weighted by Crippen LogP contribution is -2.21. The van der Waals surface area contributed by atoms with Crippen molar-refractivity contribution in [2.45, 2.75) is 41.0 Å². The second-order valence-electron chi connectivity index (χ2n) is 5.59. The summed E-state index contributed by atoms with van der Waals surface area (Å²) in [6.45, 7) is 10.7. The molecule has 0 N–H and O–H groups in total. The van der Waals surface area contributed by atoms with E-state index in [1.165, 1.54) is 6.42 Å². The van der Waals surface area contributed by atoms with Gasteiger partial charge in [-0.15, -0.1) is 0 Å². The number of carbonyl (C=O) groups is 1. The van der Waals surface area contributed by atoms with E-state index in [1.807, 2.05) is 75.4 Å². The summed E-state index contributed by atoms with van der Waals surface area (Å²) in [7, 11) is 1.79. The van der Waals surface area contributed by atoms with Gasteiger partial charge in [0, 0.05) is 18.2 Å². The molecule has 0 aliphatic carbocycles. The highest BCUT2D eigenvalue weighted by Gasteiger charge is 2.33. The Bertz CT molecular complexity index is 720. The Morgan fingerprint density at radius 1 is 0.923 bits per heavy atom. The molecule has 3 rings (SSSR count). The van der Waals surface area contributed by atoms with E-state index in [0.717, 1.165) is 16.8 Å². The van der Waals surface area contributed by atoms with E-state index in [1.54, 1.807) is 11.9 Å². The van der Waals surface area contributed by atoms with Crippen molar-refractivity contribution in [3.8, 4) is 0 Å². The van der Waals surface area contributed by atoms with Crippen LogP contribution in [0.15, 0.2) is 54.6 Å². The smallest absolute Gasteiger partial charge is 0.262 e. The first-order valence-corrected chi connectivity index (χ1v) is 9.45. The number of ether oxygens (including phenoxy) is 1. The lowest BCUT2D eigenvalue weighted by atomic mass is 10.0. The van der Waals surface area contributed by atoms with Crippen molar-refractivity contribution in [1.29, 1.82) is 0 Å². The van der Waals surface area contributed by atoms with Gasteiger partial charge in [-0.1, -0.05) is 82.6 Å². The molecule has 0 fully saturated rings. The van der Waals surface area contributed by atoms with Crippen LogP contribution < -0.4 is 4.90 Å². The zero-order chi connectivity index (χ0) is 19.5. The van der Waals surface area contributed by atoms with Crippen molar-refractivity contribution in [1.82, 2.24) is 0 Å². The van der Waals surface area contributed by atoms with Gasteiger partial charge in [-0.05, 0) is 13.0 Å². The normalized spacial score (nSPS) is 13.8. The molecule has 0 aromatic heterocycles. The van der Waals surface area contributed by atoms with Crippen LogP contribution in [0, 0.1) is 0 Å². The van der Waals surface area contributed by atoms with Crippen LogP contribution >= 0.6 is 0 Å². The summed E-state index contributed by atoms with van der Waals surface area (Å²) < 4.78 is 5.82. The van der Waals surface area contributed by atoms with Crippen molar-refractivity contribution < 1.29 is 9.53 Å². The minimum Gasteiger partial charge on any atom is -0.492 e. The van der Waals surface area contributed by atoms with E-state index in [-0.39, 0.29) is 5.91 Å². The van der Waals surface area contributed by atoms with Crippen LogP contribution in [0.2, 0.25) is 0 Å². The van der Waals surface area contributed by atoms with Crippen LogP contribution in [0.25, 0.3) is 11.3 Å². The maximum absolute atomic E-state index is 12.6. The van der Waals surface area contributed by atoms with Gasteiger partial charge in [0.1, 0.15) is 5.76 Å². The molecule has 2 aromatic rings. The minimum atomic E-state index is -0.0245. The Kier molecular flexibility index (Phi) is 9.21. The predicted molar refractivity (Wildman–Crippen MR) is 112 cm³/mol. The van der Waals surface area contributed by atoms with Crippen LogP contribution in [-0.2, 0) is 9.53 Å². The fraction of sp³-hybridized carbons (Fsp3) is 0.348. The van der Waals surface area contributed by atoms with Gasteiger partial charge in [0.15, 0.2) is 0 Å². The van der Waals surface area contributed by atoms with Gasteiger partial charge in [0.05, 0.1) is 17.9 Å². The highest BCUT2D eigenvalue weighted by molar-refractivity contribution is 6.36. The van der Waals surface area contributed by atoms with Crippen LogP contribution in [0.5, 0.6) is 0 Å². The van der Waals surface area contributed by atoms with Crippen molar-refractivity contribution in [3.05, 3.63) is 65.7 Å². The second-order valence-corrected chi connectivity index (χ2v) is 5.59. The fourth-order valence-electron chi connectivity index (χ4n) is 2.62. The van der Waals surface area contributed by atoms with Gasteiger partial charge in [-0.2, -0.15) is 0 Å². The van der Waals surface area contributed by atoms with Gasteiger partial charge in [0.25, 0.3) is 5.91 Å². The van der Waals surface area contributed by atoms with Crippen molar-refractivity contribution >= 4 is 22.9 Å². The molecule has 3 nitrogen and oxygen atoms in total. The molecule has 0 saturated carbocycles. The molecule has 0 unspecified atom stereocenters. The summed E-state index contributed by atoms with van der Waals surface area (Å²) in [5.74, 6) is 0.628. The van der Waals surface area contributed by atoms with E-state index >= 15 is 0 Å². The van der Waals surface area contributed by atoms with E-state index in [9.17, 15) is 4.79 Å². The maximum atomic E-state index is 12.6. The number of rotatable bonds is 3. The lowest BCUT2D eigenvalue weighted by Gasteiger charge is -2.12. The quantitative estimate of drug-likeness (QED) is 0.499. The average molecular weight is 354 g/mol. The number of likely N-dealkylation sites (N-methyl/N-ethyl adjacent to an activating group) is 1. The van der Waals surface area contributed by atoms with E-state index in [4.69, 9.17) is 4.74 Å². The van der Waals surface area contributed by atoms with Crippen molar-refractivity contribution in [2.75, 3.05) is 18.6 Å².